The molecular formula is C19H18ClN3O2S. The van der Waals surface area contributed by atoms with Crippen LogP contribution in [0.15, 0.2) is 53.4 Å². The van der Waals surface area contributed by atoms with Gasteiger partial charge < -0.3 is 4.57 Å². The van der Waals surface area contributed by atoms with Crippen molar-refractivity contribution >= 4 is 21.4 Å². The maximum absolute atomic E-state index is 11.7. The van der Waals surface area contributed by atoms with E-state index in [0.29, 0.717) is 16.4 Å². The summed E-state index contributed by atoms with van der Waals surface area (Å²) >= 11 is 6.35. The Kier molecular flexibility index (Phi) is 3.93. The monoisotopic (exact) mass is 387 g/mol. The van der Waals surface area contributed by atoms with Gasteiger partial charge in [0.1, 0.15) is 5.82 Å². The number of halogens is 1. The molecule has 0 N–H and O–H groups in total. The van der Waals surface area contributed by atoms with Crippen LogP contribution in [0, 0.1) is 0 Å². The number of benzene rings is 2. The fourth-order valence-electron chi connectivity index (χ4n) is 3.41. The van der Waals surface area contributed by atoms with Crippen molar-refractivity contribution in [3.8, 4) is 11.4 Å². The molecule has 1 saturated carbocycles. The summed E-state index contributed by atoms with van der Waals surface area (Å²) in [5.41, 5.74) is 1.81. The van der Waals surface area contributed by atoms with E-state index in [1.54, 1.807) is 12.1 Å². The Morgan fingerprint density at radius 3 is 2.35 bits per heavy atom. The molecule has 7 heteroatoms. The predicted molar refractivity (Wildman–Crippen MR) is 101 cm³/mol. The van der Waals surface area contributed by atoms with Crippen molar-refractivity contribution in [3.05, 3.63) is 64.9 Å². The van der Waals surface area contributed by atoms with Crippen LogP contribution < -0.4 is 0 Å². The summed E-state index contributed by atoms with van der Waals surface area (Å²) in [5, 5.41) is 9.15. The number of nitrogens with zero attached hydrogens (tertiary/aromatic N) is 3. The first-order chi connectivity index (χ1) is 12.3. The Morgan fingerprint density at radius 1 is 1.08 bits per heavy atom. The molecule has 1 fully saturated rings. The Labute approximate surface area is 157 Å². The summed E-state index contributed by atoms with van der Waals surface area (Å²) in [7, 11) is -1.38. The zero-order valence-electron chi connectivity index (χ0n) is 14.5. The van der Waals surface area contributed by atoms with E-state index in [9.17, 15) is 8.42 Å². The first-order valence-electron chi connectivity index (χ1n) is 8.28. The van der Waals surface area contributed by atoms with E-state index < -0.39 is 9.84 Å². The molecule has 0 spiro atoms. The fourth-order valence-corrected chi connectivity index (χ4v) is 4.39. The van der Waals surface area contributed by atoms with E-state index in [2.05, 4.69) is 22.3 Å². The quantitative estimate of drug-likeness (QED) is 0.685. The van der Waals surface area contributed by atoms with Gasteiger partial charge in [-0.05, 0) is 36.6 Å². The van der Waals surface area contributed by atoms with Crippen molar-refractivity contribution in [2.45, 2.75) is 23.2 Å². The number of aromatic nitrogens is 3. The van der Waals surface area contributed by atoms with Crippen molar-refractivity contribution in [3.63, 3.8) is 0 Å². The summed E-state index contributed by atoms with van der Waals surface area (Å²) < 4.78 is 25.4. The molecule has 0 aliphatic heterocycles. The highest BCUT2D eigenvalue weighted by Gasteiger charge is 2.49. The minimum Gasteiger partial charge on any atom is -0.313 e. The van der Waals surface area contributed by atoms with Crippen molar-refractivity contribution < 1.29 is 8.42 Å². The normalized spacial score (nSPS) is 15.8. The van der Waals surface area contributed by atoms with Gasteiger partial charge in [-0.25, -0.2) is 8.42 Å². The molecule has 1 heterocycles. The molecule has 2 aromatic carbocycles. The largest absolute Gasteiger partial charge is 0.313 e. The van der Waals surface area contributed by atoms with Crippen LogP contribution in [0.5, 0.6) is 0 Å². The molecule has 4 rings (SSSR count). The van der Waals surface area contributed by atoms with Crippen molar-refractivity contribution in [2.24, 2.45) is 7.05 Å². The topological polar surface area (TPSA) is 64.8 Å². The van der Waals surface area contributed by atoms with Crippen LogP contribution in [0.4, 0.5) is 0 Å². The van der Waals surface area contributed by atoms with Gasteiger partial charge in [0.05, 0.1) is 15.3 Å². The molecule has 0 amide bonds. The molecule has 3 aromatic rings. The zero-order valence-corrected chi connectivity index (χ0v) is 16.0. The van der Waals surface area contributed by atoms with Gasteiger partial charge in [0, 0.05) is 18.9 Å². The maximum Gasteiger partial charge on any atom is 0.175 e. The lowest BCUT2D eigenvalue weighted by molar-refractivity contribution is 0.602. The second-order valence-corrected chi connectivity index (χ2v) is 9.19. The molecule has 0 unspecified atom stereocenters. The minimum absolute atomic E-state index is 0.0968. The molecule has 0 saturated heterocycles. The molecule has 1 aliphatic carbocycles. The summed E-state index contributed by atoms with van der Waals surface area (Å²) in [6.45, 7) is 0. The SMILES string of the molecule is Cn1c(-c2ccc(S(C)(=O)=O)cc2Cl)nnc1C1(c2ccccc2)CC1. The molecule has 26 heavy (non-hydrogen) atoms. The van der Waals surface area contributed by atoms with E-state index in [1.807, 2.05) is 29.8 Å². The number of rotatable bonds is 4. The molecule has 0 radical (unpaired) electrons. The maximum atomic E-state index is 11.7. The van der Waals surface area contributed by atoms with Gasteiger partial charge in [-0.2, -0.15) is 0 Å². The van der Waals surface area contributed by atoms with Crippen LogP contribution >= 0.6 is 11.6 Å². The van der Waals surface area contributed by atoms with Crippen LogP contribution in [-0.2, 0) is 22.3 Å². The Morgan fingerprint density at radius 2 is 1.77 bits per heavy atom. The lowest BCUT2D eigenvalue weighted by Crippen LogP contribution is -2.15. The molecule has 0 bridgehead atoms. The van der Waals surface area contributed by atoms with Crippen LogP contribution in [0.3, 0.4) is 0 Å². The van der Waals surface area contributed by atoms with E-state index in [1.165, 1.54) is 11.6 Å². The minimum atomic E-state index is -3.31. The van der Waals surface area contributed by atoms with E-state index >= 15 is 0 Å². The number of sulfone groups is 1. The van der Waals surface area contributed by atoms with Gasteiger partial charge in [-0.1, -0.05) is 41.9 Å². The average molecular weight is 388 g/mol. The molecule has 0 atom stereocenters. The number of hydrogen-bond donors (Lipinski definition) is 0. The van der Waals surface area contributed by atoms with Gasteiger partial charge in [0.2, 0.25) is 0 Å². The third-order valence-electron chi connectivity index (χ3n) is 4.99. The van der Waals surface area contributed by atoms with Crippen LogP contribution in [0.1, 0.15) is 24.2 Å². The summed E-state index contributed by atoms with van der Waals surface area (Å²) in [4.78, 5) is 0.191. The highest BCUT2D eigenvalue weighted by atomic mass is 35.5. The average Bonchev–Trinajstić information content (AvgIpc) is 3.32. The highest BCUT2D eigenvalue weighted by molar-refractivity contribution is 7.90. The summed E-state index contributed by atoms with van der Waals surface area (Å²) in [6.07, 6.45) is 3.23. The first-order valence-corrected chi connectivity index (χ1v) is 10.6. The van der Waals surface area contributed by atoms with Crippen LogP contribution in [0.25, 0.3) is 11.4 Å². The molecular weight excluding hydrogens is 370 g/mol. The second-order valence-electron chi connectivity index (χ2n) is 6.77. The van der Waals surface area contributed by atoms with Gasteiger partial charge in [-0.3, -0.25) is 0 Å². The predicted octanol–water partition coefficient (Wildman–Crippen LogP) is 3.62. The third kappa shape index (κ3) is 2.73. The van der Waals surface area contributed by atoms with Gasteiger partial charge in [0.15, 0.2) is 15.7 Å². The summed E-state index contributed by atoms with van der Waals surface area (Å²) in [6, 6.07) is 15.0. The Balaban J connectivity index is 1.78. The standard InChI is InChI=1S/C19H18ClN3O2S/c1-23-17(15-9-8-14(12-16(15)20)26(2,24)25)21-22-18(23)19(10-11-19)13-6-4-3-5-7-13/h3-9,12H,10-11H2,1-2H3. The van der Waals surface area contributed by atoms with Gasteiger partial charge in [0.25, 0.3) is 0 Å². The van der Waals surface area contributed by atoms with E-state index in [0.717, 1.165) is 24.9 Å². The van der Waals surface area contributed by atoms with E-state index in [-0.39, 0.29) is 10.3 Å². The molecule has 134 valence electrons. The fraction of sp³-hybridized carbons (Fsp3) is 0.263. The second kappa shape index (κ2) is 5.93. The highest BCUT2D eigenvalue weighted by Crippen LogP contribution is 2.53. The summed E-state index contributed by atoms with van der Waals surface area (Å²) in [5.74, 6) is 1.54. The van der Waals surface area contributed by atoms with Crippen molar-refractivity contribution in [1.82, 2.24) is 14.8 Å². The zero-order chi connectivity index (χ0) is 18.5. The van der Waals surface area contributed by atoms with Crippen LogP contribution in [-0.4, -0.2) is 29.4 Å². The third-order valence-corrected chi connectivity index (χ3v) is 6.41. The lowest BCUT2D eigenvalue weighted by atomic mass is 9.95. The van der Waals surface area contributed by atoms with Gasteiger partial charge >= 0.3 is 0 Å². The van der Waals surface area contributed by atoms with Gasteiger partial charge in [-0.15, -0.1) is 10.2 Å². The van der Waals surface area contributed by atoms with Crippen molar-refractivity contribution in [1.29, 1.82) is 0 Å². The Hall–Kier alpha value is -2.18. The molecule has 5 nitrogen and oxygen atoms in total. The van der Waals surface area contributed by atoms with Crippen molar-refractivity contribution in [2.75, 3.05) is 6.26 Å². The smallest absolute Gasteiger partial charge is 0.175 e. The first kappa shape index (κ1) is 17.2. The lowest BCUT2D eigenvalue weighted by Gasteiger charge is -2.15. The molecule has 1 aliphatic rings. The number of hydrogen-bond acceptors (Lipinski definition) is 4. The van der Waals surface area contributed by atoms with E-state index in [4.69, 9.17) is 11.6 Å². The Bertz CT molecular complexity index is 1090. The molecule has 1 aromatic heterocycles. The van der Waals surface area contributed by atoms with Crippen LogP contribution in [0.2, 0.25) is 5.02 Å².